The molecule has 0 saturated carbocycles. The molecule has 2 aromatic rings. The Morgan fingerprint density at radius 3 is 2.44 bits per heavy atom. The van der Waals surface area contributed by atoms with Crippen LogP contribution in [0.1, 0.15) is 27.7 Å². The van der Waals surface area contributed by atoms with Crippen LogP contribution in [-0.2, 0) is 9.47 Å². The van der Waals surface area contributed by atoms with Crippen molar-refractivity contribution in [3.8, 4) is 11.1 Å². The molecule has 0 saturated heterocycles. The monoisotopic (exact) mass is 443 g/mol. The lowest BCUT2D eigenvalue weighted by Gasteiger charge is -2.19. The number of carbonyl (C=O) groups is 2. The van der Waals surface area contributed by atoms with Gasteiger partial charge in [-0.25, -0.2) is 19.6 Å². The minimum Gasteiger partial charge on any atom is -0.450 e. The Balaban J connectivity index is 1.50. The van der Waals surface area contributed by atoms with Gasteiger partial charge in [0.25, 0.3) is 0 Å². The number of carbonyl (C=O) groups excluding carboxylic acids is 2. The maximum absolute atomic E-state index is 11.6. The standard InChI is InChI=1S/C21H29N7O4/c1-5-31-20(30)28-18-26-15-7-6-13(10-16(15)27-18)14-11-24-17(25-12-14)22-8-9-23-19(29)32-21(2,3)4/h6-7,10-12,18,26-27H,5,8-9H2,1-4H3,(H,23,29)(H,28,30)(H,22,24,25). The van der Waals surface area contributed by atoms with Crippen LogP contribution < -0.4 is 26.6 Å². The molecule has 1 aliphatic heterocycles. The summed E-state index contributed by atoms with van der Waals surface area (Å²) in [6.45, 7) is 8.33. The van der Waals surface area contributed by atoms with Gasteiger partial charge in [0, 0.05) is 31.0 Å². The van der Waals surface area contributed by atoms with Gasteiger partial charge in [-0.05, 0) is 45.4 Å². The molecule has 11 heteroatoms. The lowest BCUT2D eigenvalue weighted by Crippen LogP contribution is -2.43. The Kier molecular flexibility index (Phi) is 7.18. The molecule has 0 radical (unpaired) electrons. The fraction of sp³-hybridized carbons (Fsp3) is 0.429. The smallest absolute Gasteiger partial charge is 0.410 e. The first-order valence-corrected chi connectivity index (χ1v) is 10.4. The molecular formula is C21H29N7O4. The average Bonchev–Trinajstić information content (AvgIpc) is 3.12. The van der Waals surface area contributed by atoms with Gasteiger partial charge in [0.05, 0.1) is 18.0 Å². The van der Waals surface area contributed by atoms with Crippen LogP contribution in [0.4, 0.5) is 26.9 Å². The van der Waals surface area contributed by atoms with Crippen LogP contribution in [0.5, 0.6) is 0 Å². The fourth-order valence-corrected chi connectivity index (χ4v) is 2.90. The highest BCUT2D eigenvalue weighted by atomic mass is 16.6. The first-order valence-electron chi connectivity index (χ1n) is 10.4. The zero-order valence-electron chi connectivity index (χ0n) is 18.6. The number of rotatable bonds is 7. The average molecular weight is 444 g/mol. The SMILES string of the molecule is CCOC(=O)NC1Nc2ccc(-c3cnc(NCCNC(=O)OC(C)(C)C)nc3)cc2N1. The molecule has 1 aliphatic rings. The second kappa shape index (κ2) is 10.0. The Morgan fingerprint density at radius 1 is 1.03 bits per heavy atom. The van der Waals surface area contributed by atoms with Gasteiger partial charge in [-0.3, -0.25) is 5.32 Å². The summed E-state index contributed by atoms with van der Waals surface area (Å²) in [5.41, 5.74) is 2.95. The van der Waals surface area contributed by atoms with Crippen molar-refractivity contribution in [1.82, 2.24) is 20.6 Å². The number of aromatic nitrogens is 2. The molecule has 0 spiro atoms. The minimum atomic E-state index is -0.530. The maximum Gasteiger partial charge on any atom is 0.410 e. The molecule has 1 unspecified atom stereocenters. The van der Waals surface area contributed by atoms with Crippen molar-refractivity contribution in [2.75, 3.05) is 35.6 Å². The first-order chi connectivity index (χ1) is 15.2. The van der Waals surface area contributed by atoms with Crippen molar-refractivity contribution < 1.29 is 19.1 Å². The number of fused-ring (bicyclic) bond motifs is 1. The molecule has 0 aliphatic carbocycles. The molecule has 2 heterocycles. The van der Waals surface area contributed by atoms with E-state index in [1.165, 1.54) is 0 Å². The van der Waals surface area contributed by atoms with Gasteiger partial charge in [0.15, 0.2) is 6.29 Å². The summed E-state index contributed by atoms with van der Waals surface area (Å²) in [5, 5.41) is 14.7. The van der Waals surface area contributed by atoms with Gasteiger partial charge in [-0.15, -0.1) is 0 Å². The number of anilines is 3. The molecule has 2 amide bonds. The van der Waals surface area contributed by atoms with Crippen molar-refractivity contribution in [2.24, 2.45) is 0 Å². The highest BCUT2D eigenvalue weighted by molar-refractivity contribution is 5.82. The summed E-state index contributed by atoms with van der Waals surface area (Å²) in [5.74, 6) is 0.458. The first kappa shape index (κ1) is 22.9. The van der Waals surface area contributed by atoms with Crippen LogP contribution in [0.2, 0.25) is 0 Å². The number of nitrogens with zero attached hydrogens (tertiary/aromatic N) is 2. The van der Waals surface area contributed by atoms with Crippen molar-refractivity contribution in [3.63, 3.8) is 0 Å². The van der Waals surface area contributed by atoms with Crippen molar-refractivity contribution in [2.45, 2.75) is 39.6 Å². The molecule has 11 nitrogen and oxygen atoms in total. The predicted molar refractivity (Wildman–Crippen MR) is 121 cm³/mol. The van der Waals surface area contributed by atoms with Gasteiger partial charge in [-0.1, -0.05) is 6.07 Å². The number of benzene rings is 1. The summed E-state index contributed by atoms with van der Waals surface area (Å²) in [4.78, 5) is 31.9. The van der Waals surface area contributed by atoms with Crippen LogP contribution in [-0.4, -0.2) is 53.7 Å². The van der Waals surface area contributed by atoms with E-state index in [2.05, 4.69) is 36.6 Å². The van der Waals surface area contributed by atoms with Crippen molar-refractivity contribution in [1.29, 1.82) is 0 Å². The molecule has 172 valence electrons. The summed E-state index contributed by atoms with van der Waals surface area (Å²) >= 11 is 0. The van der Waals surface area contributed by atoms with E-state index < -0.39 is 24.1 Å². The van der Waals surface area contributed by atoms with Gasteiger partial charge in [0.2, 0.25) is 5.95 Å². The van der Waals surface area contributed by atoms with Crippen LogP contribution in [0, 0.1) is 0 Å². The quantitative estimate of drug-likeness (QED) is 0.409. The second-order valence-electron chi connectivity index (χ2n) is 8.00. The highest BCUT2D eigenvalue weighted by Gasteiger charge is 2.22. The van der Waals surface area contributed by atoms with Gasteiger partial charge in [0.1, 0.15) is 5.60 Å². The Morgan fingerprint density at radius 2 is 1.75 bits per heavy atom. The van der Waals surface area contributed by atoms with E-state index in [1.54, 1.807) is 19.3 Å². The molecule has 5 N–H and O–H groups in total. The molecule has 0 fully saturated rings. The third-order valence-corrected chi connectivity index (χ3v) is 4.22. The van der Waals surface area contributed by atoms with E-state index >= 15 is 0 Å². The van der Waals surface area contributed by atoms with Crippen LogP contribution in [0.25, 0.3) is 11.1 Å². The number of amides is 2. The van der Waals surface area contributed by atoms with E-state index in [4.69, 9.17) is 9.47 Å². The van der Waals surface area contributed by atoms with Crippen LogP contribution >= 0.6 is 0 Å². The number of alkyl carbamates (subject to hydrolysis) is 2. The van der Waals surface area contributed by atoms with E-state index in [-0.39, 0.29) is 0 Å². The van der Waals surface area contributed by atoms with E-state index in [1.807, 2.05) is 39.0 Å². The van der Waals surface area contributed by atoms with Gasteiger partial charge >= 0.3 is 12.2 Å². The number of hydrogen-bond acceptors (Lipinski definition) is 9. The van der Waals surface area contributed by atoms with E-state index in [9.17, 15) is 9.59 Å². The topological polar surface area (TPSA) is 139 Å². The van der Waals surface area contributed by atoms with Crippen molar-refractivity contribution >= 4 is 29.5 Å². The van der Waals surface area contributed by atoms with Crippen LogP contribution in [0.15, 0.2) is 30.6 Å². The molecule has 3 rings (SSSR count). The number of ether oxygens (including phenoxy) is 2. The lowest BCUT2D eigenvalue weighted by molar-refractivity contribution is 0.0530. The molecule has 0 bridgehead atoms. The fourth-order valence-electron chi connectivity index (χ4n) is 2.90. The zero-order chi connectivity index (χ0) is 23.1. The molecule has 1 aromatic heterocycles. The lowest BCUT2D eigenvalue weighted by atomic mass is 10.1. The second-order valence-corrected chi connectivity index (χ2v) is 8.00. The number of hydrogen-bond donors (Lipinski definition) is 5. The third kappa shape index (κ3) is 6.62. The molecule has 1 aromatic carbocycles. The normalized spacial score (nSPS) is 14.4. The summed E-state index contributed by atoms with van der Waals surface area (Å²) in [7, 11) is 0. The predicted octanol–water partition coefficient (Wildman–Crippen LogP) is 2.95. The summed E-state index contributed by atoms with van der Waals surface area (Å²) < 4.78 is 10.1. The highest BCUT2D eigenvalue weighted by Crippen LogP contribution is 2.32. The van der Waals surface area contributed by atoms with Crippen molar-refractivity contribution in [3.05, 3.63) is 30.6 Å². The largest absolute Gasteiger partial charge is 0.450 e. The summed E-state index contributed by atoms with van der Waals surface area (Å²) in [6, 6.07) is 5.81. The van der Waals surface area contributed by atoms with E-state index in [0.29, 0.717) is 25.6 Å². The molecule has 1 atom stereocenters. The minimum absolute atomic E-state index is 0.306. The Labute approximate surface area is 186 Å². The van der Waals surface area contributed by atoms with E-state index in [0.717, 1.165) is 22.5 Å². The maximum atomic E-state index is 11.6. The van der Waals surface area contributed by atoms with Gasteiger partial charge in [-0.2, -0.15) is 0 Å². The third-order valence-electron chi connectivity index (χ3n) is 4.22. The zero-order valence-corrected chi connectivity index (χ0v) is 18.6. The Hall–Kier alpha value is -3.76. The summed E-state index contributed by atoms with van der Waals surface area (Å²) in [6.07, 6.45) is 2.03. The number of nitrogens with one attached hydrogen (secondary N) is 5. The molecule has 32 heavy (non-hydrogen) atoms. The van der Waals surface area contributed by atoms with Gasteiger partial charge < -0.3 is 30.7 Å². The Bertz CT molecular complexity index is 944. The van der Waals surface area contributed by atoms with Crippen LogP contribution in [0.3, 0.4) is 0 Å². The molecular weight excluding hydrogens is 414 g/mol.